The summed E-state index contributed by atoms with van der Waals surface area (Å²) in [7, 11) is 0. The molecule has 0 amide bonds. The second kappa shape index (κ2) is 9.48. The molecule has 1 aliphatic rings. The maximum absolute atomic E-state index is 11.8. The van der Waals surface area contributed by atoms with Gasteiger partial charge >= 0.3 is 5.97 Å². The summed E-state index contributed by atoms with van der Waals surface area (Å²) in [6.07, 6.45) is 6.40. The molecule has 2 heterocycles. The molecule has 2 aromatic rings. The summed E-state index contributed by atoms with van der Waals surface area (Å²) < 4.78 is 5.13. The van der Waals surface area contributed by atoms with Crippen LogP contribution < -0.4 is 4.90 Å². The summed E-state index contributed by atoms with van der Waals surface area (Å²) in [5.41, 5.74) is 1.30. The fourth-order valence-corrected chi connectivity index (χ4v) is 3.90. The predicted octanol–water partition coefficient (Wildman–Crippen LogP) is 3.58. The number of aromatic nitrogens is 1. The van der Waals surface area contributed by atoms with Gasteiger partial charge in [0.2, 0.25) is 0 Å². The highest BCUT2D eigenvalue weighted by molar-refractivity contribution is 7.17. The van der Waals surface area contributed by atoms with Crippen molar-refractivity contribution in [1.29, 1.82) is 0 Å². The van der Waals surface area contributed by atoms with Gasteiger partial charge in [-0.1, -0.05) is 41.7 Å². The van der Waals surface area contributed by atoms with Crippen molar-refractivity contribution in [3.8, 4) is 0 Å². The van der Waals surface area contributed by atoms with Crippen LogP contribution in [0.15, 0.2) is 41.5 Å². The molecule has 1 saturated heterocycles. The van der Waals surface area contributed by atoms with E-state index in [0.717, 1.165) is 48.9 Å². The van der Waals surface area contributed by atoms with Crippen LogP contribution in [0.3, 0.4) is 0 Å². The molecule has 0 atom stereocenters. The number of nitrogens with zero attached hydrogens (tertiary/aromatic N) is 3. The Kier molecular flexibility index (Phi) is 6.77. The number of hydrogen-bond acceptors (Lipinski definition) is 6. The van der Waals surface area contributed by atoms with Crippen LogP contribution in [0.1, 0.15) is 30.2 Å². The third-order valence-corrected chi connectivity index (χ3v) is 5.48. The van der Waals surface area contributed by atoms with Gasteiger partial charge in [0.25, 0.3) is 0 Å². The largest absolute Gasteiger partial charge is 0.466 e. The molecule has 0 N–H and O–H groups in total. The second-order valence-electron chi connectivity index (χ2n) is 6.33. The summed E-state index contributed by atoms with van der Waals surface area (Å²) in [4.78, 5) is 24.2. The SMILES string of the molecule is CCOC(=O)C1CCN(c2ncc(C=NCCc3ccccc3)s2)CC1. The molecule has 1 aromatic heterocycles. The summed E-state index contributed by atoms with van der Waals surface area (Å²) in [6, 6.07) is 10.4. The van der Waals surface area contributed by atoms with Crippen LogP contribution >= 0.6 is 11.3 Å². The molecule has 1 fully saturated rings. The van der Waals surface area contributed by atoms with Crippen LogP contribution in [0.2, 0.25) is 0 Å². The molecular formula is C20H25N3O2S. The normalized spacial score (nSPS) is 15.5. The molecular weight excluding hydrogens is 346 g/mol. The number of carbonyl (C=O) groups is 1. The quantitative estimate of drug-likeness (QED) is 0.551. The molecule has 26 heavy (non-hydrogen) atoms. The van der Waals surface area contributed by atoms with E-state index in [1.807, 2.05) is 25.4 Å². The average Bonchev–Trinajstić information content (AvgIpc) is 3.15. The van der Waals surface area contributed by atoms with Gasteiger partial charge in [-0.05, 0) is 31.7 Å². The highest BCUT2D eigenvalue weighted by Crippen LogP contribution is 2.27. The van der Waals surface area contributed by atoms with Crippen molar-refractivity contribution in [2.45, 2.75) is 26.2 Å². The van der Waals surface area contributed by atoms with E-state index in [2.05, 4.69) is 39.1 Å². The zero-order valence-corrected chi connectivity index (χ0v) is 16.0. The highest BCUT2D eigenvalue weighted by atomic mass is 32.1. The molecule has 3 rings (SSSR count). The number of ether oxygens (including phenoxy) is 1. The van der Waals surface area contributed by atoms with Gasteiger partial charge in [-0.25, -0.2) is 4.98 Å². The molecule has 138 valence electrons. The minimum Gasteiger partial charge on any atom is -0.466 e. The van der Waals surface area contributed by atoms with Crippen LogP contribution in [0.25, 0.3) is 0 Å². The maximum atomic E-state index is 11.8. The maximum Gasteiger partial charge on any atom is 0.309 e. The third kappa shape index (κ3) is 5.14. The highest BCUT2D eigenvalue weighted by Gasteiger charge is 2.27. The number of anilines is 1. The molecule has 0 unspecified atom stereocenters. The Bertz CT molecular complexity index is 722. The van der Waals surface area contributed by atoms with Crippen LogP contribution in [0.4, 0.5) is 5.13 Å². The fraction of sp³-hybridized carbons (Fsp3) is 0.450. The molecule has 1 aliphatic heterocycles. The molecule has 0 aliphatic carbocycles. The Balaban J connectivity index is 1.46. The van der Waals surface area contributed by atoms with Gasteiger partial charge in [-0.2, -0.15) is 0 Å². The number of benzene rings is 1. The van der Waals surface area contributed by atoms with E-state index in [4.69, 9.17) is 4.74 Å². The first-order chi connectivity index (χ1) is 12.8. The lowest BCUT2D eigenvalue weighted by Gasteiger charge is -2.30. The van der Waals surface area contributed by atoms with E-state index in [1.165, 1.54) is 5.56 Å². The molecule has 0 saturated carbocycles. The predicted molar refractivity (Wildman–Crippen MR) is 106 cm³/mol. The summed E-state index contributed by atoms with van der Waals surface area (Å²) >= 11 is 1.65. The molecule has 0 spiro atoms. The van der Waals surface area contributed by atoms with E-state index in [1.54, 1.807) is 11.3 Å². The summed E-state index contributed by atoms with van der Waals surface area (Å²) in [6.45, 7) is 4.79. The number of thiazole rings is 1. The second-order valence-corrected chi connectivity index (χ2v) is 7.37. The van der Waals surface area contributed by atoms with Gasteiger partial charge in [-0.3, -0.25) is 9.79 Å². The van der Waals surface area contributed by atoms with Crippen molar-refractivity contribution in [3.63, 3.8) is 0 Å². The minimum absolute atomic E-state index is 0.0326. The molecule has 6 heteroatoms. The van der Waals surface area contributed by atoms with Crippen LogP contribution in [0, 0.1) is 5.92 Å². The third-order valence-electron chi connectivity index (χ3n) is 4.49. The Morgan fingerprint density at radius 1 is 1.35 bits per heavy atom. The van der Waals surface area contributed by atoms with E-state index in [-0.39, 0.29) is 11.9 Å². The lowest BCUT2D eigenvalue weighted by molar-refractivity contribution is -0.148. The van der Waals surface area contributed by atoms with Crippen molar-refractivity contribution in [3.05, 3.63) is 47.0 Å². The van der Waals surface area contributed by atoms with E-state index < -0.39 is 0 Å². The average molecular weight is 372 g/mol. The molecule has 5 nitrogen and oxygen atoms in total. The van der Waals surface area contributed by atoms with Crippen LogP contribution in [0.5, 0.6) is 0 Å². The van der Waals surface area contributed by atoms with E-state index in [9.17, 15) is 4.79 Å². The summed E-state index contributed by atoms with van der Waals surface area (Å²) in [5.74, 6) is -0.0253. The smallest absolute Gasteiger partial charge is 0.309 e. The van der Waals surface area contributed by atoms with Crippen molar-refractivity contribution in [2.24, 2.45) is 10.9 Å². The first-order valence-electron chi connectivity index (χ1n) is 9.17. The van der Waals surface area contributed by atoms with E-state index in [0.29, 0.717) is 6.61 Å². The monoisotopic (exact) mass is 371 g/mol. The Hall–Kier alpha value is -2.21. The Morgan fingerprint density at radius 2 is 2.12 bits per heavy atom. The zero-order valence-electron chi connectivity index (χ0n) is 15.1. The number of aliphatic imine (C=N–C) groups is 1. The Morgan fingerprint density at radius 3 is 2.85 bits per heavy atom. The number of rotatable bonds is 7. The van der Waals surface area contributed by atoms with Crippen molar-refractivity contribution < 1.29 is 9.53 Å². The standard InChI is InChI=1S/C20H25N3O2S/c1-2-25-19(24)17-9-12-23(13-10-17)20-22-15-18(26-20)14-21-11-8-16-6-4-3-5-7-16/h3-7,14-15,17H,2,8-13H2,1H3. The molecule has 0 bridgehead atoms. The van der Waals surface area contributed by atoms with Crippen LogP contribution in [-0.4, -0.2) is 43.4 Å². The fourth-order valence-electron chi connectivity index (χ4n) is 3.04. The van der Waals surface area contributed by atoms with Gasteiger partial charge < -0.3 is 9.64 Å². The van der Waals surface area contributed by atoms with Crippen molar-refractivity contribution >= 4 is 28.7 Å². The van der Waals surface area contributed by atoms with Crippen molar-refractivity contribution in [1.82, 2.24) is 4.98 Å². The van der Waals surface area contributed by atoms with Gasteiger partial charge in [-0.15, -0.1) is 0 Å². The van der Waals surface area contributed by atoms with E-state index >= 15 is 0 Å². The molecule has 1 aromatic carbocycles. The summed E-state index contributed by atoms with van der Waals surface area (Å²) in [5, 5.41) is 1.01. The number of piperidine rings is 1. The van der Waals surface area contributed by atoms with Crippen molar-refractivity contribution in [2.75, 3.05) is 31.1 Å². The van der Waals surface area contributed by atoms with Gasteiger partial charge in [0, 0.05) is 32.0 Å². The van der Waals surface area contributed by atoms with Gasteiger partial charge in [0.05, 0.1) is 17.4 Å². The Labute approximate surface area is 158 Å². The molecule has 0 radical (unpaired) electrons. The van der Waals surface area contributed by atoms with Crippen LogP contribution in [-0.2, 0) is 16.0 Å². The zero-order chi connectivity index (χ0) is 18.2. The number of esters is 1. The number of carbonyl (C=O) groups excluding carboxylic acids is 1. The first kappa shape index (κ1) is 18.6. The number of hydrogen-bond donors (Lipinski definition) is 0. The minimum atomic E-state index is -0.0578. The topological polar surface area (TPSA) is 54.8 Å². The lowest BCUT2D eigenvalue weighted by Crippen LogP contribution is -2.36. The van der Waals surface area contributed by atoms with Gasteiger partial charge in [0.1, 0.15) is 0 Å². The van der Waals surface area contributed by atoms with Gasteiger partial charge in [0.15, 0.2) is 5.13 Å². The lowest BCUT2D eigenvalue weighted by atomic mass is 9.97. The first-order valence-corrected chi connectivity index (χ1v) is 9.99.